The van der Waals surface area contributed by atoms with Gasteiger partial charge < -0.3 is 10.1 Å². The number of carbonyl (C=O) groups is 1. The number of benzene rings is 2. The van der Waals surface area contributed by atoms with Gasteiger partial charge in [-0.1, -0.05) is 23.7 Å². The summed E-state index contributed by atoms with van der Waals surface area (Å²) in [6, 6.07) is 12.2. The third kappa shape index (κ3) is 3.70. The Balaban J connectivity index is 1.76. The van der Waals surface area contributed by atoms with Gasteiger partial charge in [0.2, 0.25) is 5.91 Å². The fraction of sp³-hybridized carbons (Fsp3) is 0.211. The topological polar surface area (TPSA) is 73.2 Å². The molecule has 6 nitrogen and oxygen atoms in total. The second-order valence-corrected chi connectivity index (χ2v) is 6.24. The van der Waals surface area contributed by atoms with Crippen LogP contribution >= 0.6 is 11.6 Å². The minimum atomic E-state index is -0.215. The highest BCUT2D eigenvalue weighted by Gasteiger charge is 2.12. The van der Waals surface area contributed by atoms with Gasteiger partial charge in [0, 0.05) is 24.9 Å². The summed E-state index contributed by atoms with van der Waals surface area (Å²) >= 11 is 5.97. The zero-order valence-corrected chi connectivity index (χ0v) is 15.2. The van der Waals surface area contributed by atoms with Gasteiger partial charge in [-0.25, -0.2) is 4.98 Å². The van der Waals surface area contributed by atoms with Crippen molar-refractivity contribution in [1.82, 2.24) is 9.55 Å². The van der Waals surface area contributed by atoms with Crippen molar-refractivity contribution in [2.24, 2.45) is 7.05 Å². The van der Waals surface area contributed by atoms with E-state index >= 15 is 0 Å². The van der Waals surface area contributed by atoms with Crippen molar-refractivity contribution in [3.8, 4) is 5.75 Å². The van der Waals surface area contributed by atoms with Crippen LogP contribution in [0.2, 0.25) is 5.02 Å². The number of aryl methyl sites for hydroxylation is 1. The summed E-state index contributed by atoms with van der Waals surface area (Å²) in [5.74, 6) is 0.869. The lowest BCUT2D eigenvalue weighted by Gasteiger charge is -2.11. The Morgan fingerprint density at radius 1 is 1.27 bits per heavy atom. The molecule has 1 amide bonds. The van der Waals surface area contributed by atoms with Gasteiger partial charge >= 0.3 is 0 Å². The molecule has 1 aromatic heterocycles. The second kappa shape index (κ2) is 7.58. The normalized spacial score (nSPS) is 10.7. The Labute approximate surface area is 155 Å². The van der Waals surface area contributed by atoms with Crippen molar-refractivity contribution in [3.63, 3.8) is 0 Å². The van der Waals surface area contributed by atoms with Crippen LogP contribution in [0.5, 0.6) is 5.75 Å². The average Bonchev–Trinajstić information content (AvgIpc) is 2.64. The molecule has 0 spiro atoms. The van der Waals surface area contributed by atoms with Gasteiger partial charge in [0.25, 0.3) is 5.56 Å². The first-order valence-corrected chi connectivity index (χ1v) is 8.45. The van der Waals surface area contributed by atoms with Gasteiger partial charge in [0.15, 0.2) is 0 Å². The highest BCUT2D eigenvalue weighted by atomic mass is 35.5. The lowest BCUT2D eigenvalue weighted by Crippen LogP contribution is -2.23. The maximum atomic E-state index is 12.4. The molecular formula is C19H18ClN3O3. The van der Waals surface area contributed by atoms with E-state index in [4.69, 9.17) is 16.3 Å². The Morgan fingerprint density at radius 2 is 2.04 bits per heavy atom. The van der Waals surface area contributed by atoms with Crippen LogP contribution in [0.25, 0.3) is 10.9 Å². The van der Waals surface area contributed by atoms with Crippen LogP contribution in [0.15, 0.2) is 47.3 Å². The van der Waals surface area contributed by atoms with Gasteiger partial charge in [0.1, 0.15) is 11.6 Å². The van der Waals surface area contributed by atoms with Crippen LogP contribution in [0.3, 0.4) is 0 Å². The lowest BCUT2D eigenvalue weighted by molar-refractivity contribution is -0.116. The van der Waals surface area contributed by atoms with Gasteiger partial charge in [0.05, 0.1) is 23.7 Å². The van der Waals surface area contributed by atoms with Crippen molar-refractivity contribution in [2.75, 3.05) is 12.4 Å². The van der Waals surface area contributed by atoms with E-state index in [0.29, 0.717) is 39.6 Å². The summed E-state index contributed by atoms with van der Waals surface area (Å²) in [5, 5.41) is 3.84. The summed E-state index contributed by atoms with van der Waals surface area (Å²) in [7, 11) is 3.18. The first-order valence-electron chi connectivity index (χ1n) is 8.07. The maximum Gasteiger partial charge on any atom is 0.261 e. The quantitative estimate of drug-likeness (QED) is 0.747. The molecule has 1 N–H and O–H groups in total. The van der Waals surface area contributed by atoms with Crippen molar-refractivity contribution in [1.29, 1.82) is 0 Å². The predicted molar refractivity (Wildman–Crippen MR) is 102 cm³/mol. The Bertz CT molecular complexity index is 1030. The molecule has 3 aromatic rings. The smallest absolute Gasteiger partial charge is 0.261 e. The van der Waals surface area contributed by atoms with Gasteiger partial charge in [-0.2, -0.15) is 0 Å². The van der Waals surface area contributed by atoms with Crippen LogP contribution in [0, 0.1) is 0 Å². The number of hydrogen-bond acceptors (Lipinski definition) is 4. The zero-order valence-electron chi connectivity index (χ0n) is 14.5. The van der Waals surface area contributed by atoms with Crippen LogP contribution in [-0.2, 0) is 18.3 Å². The molecule has 0 aliphatic carbocycles. The molecule has 7 heteroatoms. The second-order valence-electron chi connectivity index (χ2n) is 5.80. The summed E-state index contributed by atoms with van der Waals surface area (Å²) < 4.78 is 6.70. The number of carbonyl (C=O) groups excluding carboxylic acids is 1. The molecule has 0 saturated heterocycles. The largest absolute Gasteiger partial charge is 0.495 e. The molecular weight excluding hydrogens is 354 g/mol. The standard InChI is InChI=1S/C19H18ClN3O3/c1-23-17(21-14-6-4-3-5-13(14)19(23)25)9-10-18(24)22-15-11-12(20)7-8-16(15)26-2/h3-8,11H,9-10H2,1-2H3,(H,22,24). The number of nitrogens with zero attached hydrogens (tertiary/aromatic N) is 2. The van der Waals surface area contributed by atoms with Crippen LogP contribution in [0.1, 0.15) is 12.2 Å². The highest BCUT2D eigenvalue weighted by molar-refractivity contribution is 6.31. The van der Waals surface area contributed by atoms with Crippen molar-refractivity contribution in [3.05, 3.63) is 63.7 Å². The number of rotatable bonds is 5. The minimum Gasteiger partial charge on any atom is -0.495 e. The van der Waals surface area contributed by atoms with Gasteiger partial charge in [-0.05, 0) is 30.3 Å². The van der Waals surface area contributed by atoms with E-state index in [1.807, 2.05) is 6.07 Å². The first-order chi connectivity index (χ1) is 12.5. The van der Waals surface area contributed by atoms with Crippen LogP contribution in [0.4, 0.5) is 5.69 Å². The van der Waals surface area contributed by atoms with E-state index in [9.17, 15) is 9.59 Å². The Hall–Kier alpha value is -2.86. The fourth-order valence-corrected chi connectivity index (χ4v) is 2.88. The van der Waals surface area contributed by atoms with E-state index in [1.54, 1.807) is 43.4 Å². The minimum absolute atomic E-state index is 0.123. The predicted octanol–water partition coefficient (Wildman–Crippen LogP) is 3.17. The average molecular weight is 372 g/mol. The number of ether oxygens (including phenoxy) is 1. The molecule has 0 fully saturated rings. The van der Waals surface area contributed by atoms with Gasteiger partial charge in [-0.3, -0.25) is 14.2 Å². The molecule has 26 heavy (non-hydrogen) atoms. The number of hydrogen-bond donors (Lipinski definition) is 1. The molecule has 1 heterocycles. The summed E-state index contributed by atoms with van der Waals surface area (Å²) in [6.07, 6.45) is 0.513. The number of methoxy groups -OCH3 is 1. The summed E-state index contributed by atoms with van der Waals surface area (Å²) in [5.41, 5.74) is 1.01. The van der Waals surface area contributed by atoms with Crippen molar-refractivity contribution >= 4 is 34.1 Å². The van der Waals surface area contributed by atoms with E-state index < -0.39 is 0 Å². The number of aromatic nitrogens is 2. The summed E-state index contributed by atoms with van der Waals surface area (Å²) in [6.45, 7) is 0. The SMILES string of the molecule is COc1ccc(Cl)cc1NC(=O)CCc1nc2ccccc2c(=O)n1C. The van der Waals surface area contributed by atoms with E-state index in [1.165, 1.54) is 11.7 Å². The molecule has 134 valence electrons. The summed E-state index contributed by atoms with van der Waals surface area (Å²) in [4.78, 5) is 29.2. The molecule has 0 atom stereocenters. The highest BCUT2D eigenvalue weighted by Crippen LogP contribution is 2.27. The molecule has 2 aromatic carbocycles. The number of para-hydroxylation sites is 1. The third-order valence-electron chi connectivity index (χ3n) is 4.09. The number of anilines is 1. The Morgan fingerprint density at radius 3 is 2.81 bits per heavy atom. The number of fused-ring (bicyclic) bond motifs is 1. The third-order valence-corrected chi connectivity index (χ3v) is 4.32. The number of amides is 1. The molecule has 0 aliphatic heterocycles. The molecule has 0 unspecified atom stereocenters. The van der Waals surface area contributed by atoms with Crippen molar-refractivity contribution < 1.29 is 9.53 Å². The lowest BCUT2D eigenvalue weighted by atomic mass is 10.2. The van der Waals surface area contributed by atoms with E-state index in [-0.39, 0.29) is 17.9 Å². The van der Waals surface area contributed by atoms with Gasteiger partial charge in [-0.15, -0.1) is 0 Å². The van der Waals surface area contributed by atoms with E-state index in [2.05, 4.69) is 10.3 Å². The maximum absolute atomic E-state index is 12.4. The zero-order chi connectivity index (χ0) is 18.7. The Kier molecular flexibility index (Phi) is 5.23. The number of halogens is 1. The molecule has 3 rings (SSSR count). The number of nitrogens with one attached hydrogen (secondary N) is 1. The molecule has 0 bridgehead atoms. The monoisotopic (exact) mass is 371 g/mol. The first kappa shape index (κ1) is 17.9. The molecule has 0 radical (unpaired) electrons. The van der Waals surface area contributed by atoms with Crippen LogP contribution < -0.4 is 15.6 Å². The fourth-order valence-electron chi connectivity index (χ4n) is 2.70. The molecule has 0 aliphatic rings. The van der Waals surface area contributed by atoms with E-state index in [0.717, 1.165) is 0 Å². The van der Waals surface area contributed by atoms with Crippen molar-refractivity contribution in [2.45, 2.75) is 12.8 Å². The molecule has 0 saturated carbocycles. The van der Waals surface area contributed by atoms with Crippen LogP contribution in [-0.4, -0.2) is 22.6 Å².